The Morgan fingerprint density at radius 3 is 2.59 bits per heavy atom. The summed E-state index contributed by atoms with van der Waals surface area (Å²) in [5, 5.41) is 4.37. The number of piperidine rings is 1. The number of carbonyl (C=O) groups is 1. The smallest absolute Gasteiger partial charge is 0.257 e. The molecule has 0 saturated carbocycles. The number of amides is 1. The Balaban J connectivity index is 1.65. The molecule has 2 saturated heterocycles. The highest BCUT2D eigenvalue weighted by Gasteiger charge is 2.33. The van der Waals surface area contributed by atoms with E-state index in [9.17, 15) is 13.2 Å². The number of sulfonamides is 1. The number of nitrogens with zero attached hydrogens (tertiary/aromatic N) is 5. The Bertz CT molecular complexity index is 801. The van der Waals surface area contributed by atoms with Crippen molar-refractivity contribution in [2.75, 3.05) is 45.5 Å². The molecule has 1 aromatic heterocycles. The fourth-order valence-corrected chi connectivity index (χ4v) is 5.68. The van der Waals surface area contributed by atoms with Gasteiger partial charge in [-0.15, -0.1) is 0 Å². The van der Waals surface area contributed by atoms with E-state index in [4.69, 9.17) is 0 Å². The first-order valence-electron chi connectivity index (χ1n) is 10.8. The van der Waals surface area contributed by atoms with Crippen molar-refractivity contribution in [2.24, 2.45) is 0 Å². The van der Waals surface area contributed by atoms with Gasteiger partial charge in [-0.3, -0.25) is 9.48 Å². The summed E-state index contributed by atoms with van der Waals surface area (Å²) in [5.74, 6) is -0.0441. The van der Waals surface area contributed by atoms with Crippen LogP contribution < -0.4 is 0 Å². The van der Waals surface area contributed by atoms with Crippen molar-refractivity contribution in [1.82, 2.24) is 23.9 Å². The van der Waals surface area contributed by atoms with Gasteiger partial charge in [-0.2, -0.15) is 9.40 Å². The minimum atomic E-state index is -3.32. The van der Waals surface area contributed by atoms with E-state index in [1.807, 2.05) is 13.8 Å². The minimum absolute atomic E-state index is 0.0441. The van der Waals surface area contributed by atoms with E-state index >= 15 is 0 Å². The van der Waals surface area contributed by atoms with Gasteiger partial charge in [-0.25, -0.2) is 8.42 Å². The van der Waals surface area contributed by atoms with E-state index < -0.39 is 10.0 Å². The normalized spacial score (nSPS) is 21.2. The summed E-state index contributed by atoms with van der Waals surface area (Å²) in [4.78, 5) is 17.3. The van der Waals surface area contributed by atoms with E-state index in [1.54, 1.807) is 20.1 Å². The summed E-state index contributed by atoms with van der Waals surface area (Å²) < 4.78 is 28.4. The van der Waals surface area contributed by atoms with Crippen LogP contribution in [0.15, 0.2) is 6.20 Å². The standard InChI is InChI=1S/C20H35N5O3S/c1-4-24-16-19(17(2)21-24)20(26)23-13-7-9-18(15-23)25(29(3,27)28)14-8-12-22-10-5-6-11-22/h16,18H,4-15H2,1-3H3. The molecule has 0 aliphatic carbocycles. The van der Waals surface area contributed by atoms with Gasteiger partial charge >= 0.3 is 0 Å². The van der Waals surface area contributed by atoms with Crippen LogP contribution in [0.3, 0.4) is 0 Å². The maximum atomic E-state index is 13.1. The zero-order chi connectivity index (χ0) is 21.0. The van der Waals surface area contributed by atoms with Crippen LogP contribution in [0, 0.1) is 6.92 Å². The van der Waals surface area contributed by atoms with E-state index in [0.717, 1.165) is 51.1 Å². The van der Waals surface area contributed by atoms with Crippen molar-refractivity contribution in [1.29, 1.82) is 0 Å². The molecule has 164 valence electrons. The summed E-state index contributed by atoms with van der Waals surface area (Å²) in [6, 6.07) is -0.150. The van der Waals surface area contributed by atoms with Crippen LogP contribution in [0.5, 0.6) is 0 Å². The zero-order valence-electron chi connectivity index (χ0n) is 18.0. The summed E-state index contributed by atoms with van der Waals surface area (Å²) in [6.45, 7) is 9.38. The summed E-state index contributed by atoms with van der Waals surface area (Å²) in [7, 11) is -3.32. The van der Waals surface area contributed by atoms with Crippen molar-refractivity contribution in [3.63, 3.8) is 0 Å². The van der Waals surface area contributed by atoms with Gasteiger partial charge in [0.05, 0.1) is 17.5 Å². The quantitative estimate of drug-likeness (QED) is 0.632. The summed E-state index contributed by atoms with van der Waals surface area (Å²) >= 11 is 0. The van der Waals surface area contributed by atoms with E-state index in [-0.39, 0.29) is 11.9 Å². The first-order valence-corrected chi connectivity index (χ1v) is 12.7. The third-order valence-corrected chi connectivity index (χ3v) is 7.40. The van der Waals surface area contributed by atoms with Crippen molar-refractivity contribution < 1.29 is 13.2 Å². The number of hydrogen-bond acceptors (Lipinski definition) is 5. The molecule has 1 amide bonds. The van der Waals surface area contributed by atoms with Gasteiger partial charge < -0.3 is 9.80 Å². The Morgan fingerprint density at radius 2 is 1.97 bits per heavy atom. The SMILES string of the molecule is CCn1cc(C(=O)N2CCCC(N(CCCN3CCCC3)S(C)(=O)=O)C2)c(C)n1. The number of carbonyl (C=O) groups excluding carboxylic acids is 1. The topological polar surface area (TPSA) is 78.8 Å². The predicted molar refractivity (Wildman–Crippen MR) is 113 cm³/mol. The molecule has 0 radical (unpaired) electrons. The monoisotopic (exact) mass is 425 g/mol. The van der Waals surface area contributed by atoms with Crippen LogP contribution in [0.25, 0.3) is 0 Å². The molecule has 0 N–H and O–H groups in total. The van der Waals surface area contributed by atoms with E-state index in [0.29, 0.717) is 25.2 Å². The second-order valence-corrected chi connectivity index (χ2v) is 10.2. The Hall–Kier alpha value is -1.45. The lowest BCUT2D eigenvalue weighted by Gasteiger charge is -2.38. The lowest BCUT2D eigenvalue weighted by molar-refractivity contribution is 0.0651. The van der Waals surface area contributed by atoms with Gasteiger partial charge in [-0.1, -0.05) is 0 Å². The van der Waals surface area contributed by atoms with Gasteiger partial charge in [-0.05, 0) is 65.6 Å². The van der Waals surface area contributed by atoms with Gasteiger partial charge in [0.2, 0.25) is 10.0 Å². The molecular formula is C20H35N5O3S. The maximum Gasteiger partial charge on any atom is 0.257 e. The van der Waals surface area contributed by atoms with Crippen molar-refractivity contribution >= 4 is 15.9 Å². The largest absolute Gasteiger partial charge is 0.337 e. The lowest BCUT2D eigenvalue weighted by atomic mass is 10.0. The molecule has 0 spiro atoms. The molecule has 1 atom stereocenters. The van der Waals surface area contributed by atoms with Crippen LogP contribution in [-0.4, -0.2) is 89.8 Å². The van der Waals surface area contributed by atoms with Gasteiger partial charge in [0.1, 0.15) is 0 Å². The highest BCUT2D eigenvalue weighted by Crippen LogP contribution is 2.22. The van der Waals surface area contributed by atoms with Gasteiger partial charge in [0.15, 0.2) is 0 Å². The zero-order valence-corrected chi connectivity index (χ0v) is 18.8. The van der Waals surface area contributed by atoms with E-state index in [1.165, 1.54) is 19.1 Å². The second-order valence-electron chi connectivity index (χ2n) is 8.31. The number of rotatable bonds is 8. The molecule has 1 unspecified atom stereocenters. The average Bonchev–Trinajstić information content (AvgIpc) is 3.33. The van der Waals surface area contributed by atoms with Crippen molar-refractivity contribution in [3.8, 4) is 0 Å². The lowest BCUT2D eigenvalue weighted by Crippen LogP contribution is -2.52. The Kier molecular flexibility index (Phi) is 7.34. The third-order valence-electron chi connectivity index (χ3n) is 6.07. The Morgan fingerprint density at radius 1 is 1.24 bits per heavy atom. The highest BCUT2D eigenvalue weighted by atomic mass is 32.2. The fourth-order valence-electron chi connectivity index (χ4n) is 4.51. The minimum Gasteiger partial charge on any atom is -0.337 e. The molecule has 29 heavy (non-hydrogen) atoms. The molecule has 2 aliphatic rings. The molecule has 9 heteroatoms. The third kappa shape index (κ3) is 5.58. The number of aryl methyl sites for hydroxylation is 2. The molecular weight excluding hydrogens is 390 g/mol. The molecule has 0 bridgehead atoms. The molecule has 3 heterocycles. The van der Waals surface area contributed by atoms with Crippen LogP contribution in [0.4, 0.5) is 0 Å². The van der Waals surface area contributed by atoms with Crippen LogP contribution in [-0.2, 0) is 16.6 Å². The van der Waals surface area contributed by atoms with Crippen LogP contribution in [0.1, 0.15) is 55.1 Å². The first kappa shape index (κ1) is 22.2. The summed E-state index contributed by atoms with van der Waals surface area (Å²) in [6.07, 6.45) is 8.01. The average molecular weight is 426 g/mol. The molecule has 1 aromatic rings. The number of aromatic nitrogens is 2. The van der Waals surface area contributed by atoms with Crippen molar-refractivity contribution in [2.45, 2.75) is 58.5 Å². The number of hydrogen-bond donors (Lipinski definition) is 0. The highest BCUT2D eigenvalue weighted by molar-refractivity contribution is 7.88. The molecule has 3 rings (SSSR count). The predicted octanol–water partition coefficient (Wildman–Crippen LogP) is 1.56. The van der Waals surface area contributed by atoms with Gasteiger partial charge in [0.25, 0.3) is 5.91 Å². The van der Waals surface area contributed by atoms with Gasteiger partial charge in [0, 0.05) is 38.4 Å². The maximum absolute atomic E-state index is 13.1. The Labute approximate surface area is 174 Å². The first-order chi connectivity index (χ1) is 13.8. The molecule has 8 nitrogen and oxygen atoms in total. The van der Waals surface area contributed by atoms with E-state index in [2.05, 4.69) is 10.00 Å². The number of likely N-dealkylation sites (tertiary alicyclic amines) is 2. The molecule has 2 aliphatic heterocycles. The van der Waals surface area contributed by atoms with Crippen LogP contribution >= 0.6 is 0 Å². The van der Waals surface area contributed by atoms with Crippen molar-refractivity contribution in [3.05, 3.63) is 17.5 Å². The van der Waals surface area contributed by atoms with Crippen LogP contribution in [0.2, 0.25) is 0 Å². The fraction of sp³-hybridized carbons (Fsp3) is 0.800. The molecule has 0 aromatic carbocycles. The summed E-state index contributed by atoms with van der Waals surface area (Å²) in [5.41, 5.74) is 1.34. The molecule has 2 fully saturated rings. The second kappa shape index (κ2) is 9.57.